The fourth-order valence-corrected chi connectivity index (χ4v) is 1.31. The van der Waals surface area contributed by atoms with Crippen molar-refractivity contribution in [3.8, 4) is 0 Å². The largest absolute Gasteiger partial charge is 0.0772 e. The van der Waals surface area contributed by atoms with Crippen LogP contribution >= 0.6 is 0 Å². The molecule has 0 aromatic carbocycles. The van der Waals surface area contributed by atoms with Crippen LogP contribution in [0.15, 0.2) is 11.1 Å². The summed E-state index contributed by atoms with van der Waals surface area (Å²) >= 11 is 0. The van der Waals surface area contributed by atoms with E-state index in [4.69, 9.17) is 0 Å². The van der Waals surface area contributed by atoms with E-state index in [2.05, 4.69) is 34.6 Å². The van der Waals surface area contributed by atoms with E-state index in [1.54, 1.807) is 5.57 Å². The zero-order valence-electron chi connectivity index (χ0n) is 7.99. The maximum Gasteiger partial charge on any atom is -0.0209 e. The lowest BCUT2D eigenvalue weighted by atomic mass is 9.92. The highest BCUT2D eigenvalue weighted by molar-refractivity contribution is 5.10. The van der Waals surface area contributed by atoms with Crippen LogP contribution in [0.2, 0.25) is 0 Å². The van der Waals surface area contributed by atoms with Gasteiger partial charge in [0.15, 0.2) is 0 Å². The second kappa shape index (κ2) is 4.54. The molecule has 0 aliphatic carbocycles. The van der Waals surface area contributed by atoms with E-state index < -0.39 is 0 Å². The molecule has 0 radical (unpaired) electrons. The van der Waals surface area contributed by atoms with Gasteiger partial charge in [-0.3, -0.25) is 0 Å². The summed E-state index contributed by atoms with van der Waals surface area (Å²) in [5, 5.41) is 0. The molecule has 0 heteroatoms. The molecule has 0 heterocycles. The minimum absolute atomic E-state index is 0.824. The first-order chi connectivity index (χ1) is 4.63. The van der Waals surface area contributed by atoms with Gasteiger partial charge in [-0.05, 0) is 39.5 Å². The monoisotopic (exact) mass is 140 g/mol. The lowest BCUT2D eigenvalue weighted by Gasteiger charge is -2.14. The number of allylic oxidation sites excluding steroid dienone is 2. The Morgan fingerprint density at radius 2 is 1.40 bits per heavy atom. The summed E-state index contributed by atoms with van der Waals surface area (Å²) in [5.41, 5.74) is 3.08. The number of hydrogen-bond donors (Lipinski definition) is 0. The SMILES string of the molecule is CCC(CC)C(C)=C(C)C. The van der Waals surface area contributed by atoms with Crippen molar-refractivity contribution >= 4 is 0 Å². The summed E-state index contributed by atoms with van der Waals surface area (Å²) in [6.07, 6.45) is 2.57. The van der Waals surface area contributed by atoms with E-state index in [9.17, 15) is 0 Å². The molecule has 0 aliphatic rings. The maximum atomic E-state index is 2.26. The van der Waals surface area contributed by atoms with Gasteiger partial charge in [0.05, 0.1) is 0 Å². The highest BCUT2D eigenvalue weighted by Crippen LogP contribution is 2.20. The predicted octanol–water partition coefficient (Wildman–Crippen LogP) is 3.78. The Morgan fingerprint density at radius 3 is 1.50 bits per heavy atom. The van der Waals surface area contributed by atoms with Crippen LogP contribution in [-0.4, -0.2) is 0 Å². The molecule has 0 N–H and O–H groups in total. The maximum absolute atomic E-state index is 2.26. The smallest absolute Gasteiger partial charge is 0.0209 e. The molecule has 0 amide bonds. The fraction of sp³-hybridized carbons (Fsp3) is 0.800. The topological polar surface area (TPSA) is 0 Å². The first-order valence-electron chi connectivity index (χ1n) is 4.27. The molecule has 0 fully saturated rings. The van der Waals surface area contributed by atoms with Crippen molar-refractivity contribution in [1.82, 2.24) is 0 Å². The molecule has 0 spiro atoms. The quantitative estimate of drug-likeness (QED) is 0.523. The minimum Gasteiger partial charge on any atom is -0.0772 e. The molecule has 0 saturated carbocycles. The van der Waals surface area contributed by atoms with Gasteiger partial charge in [-0.1, -0.05) is 25.0 Å². The molecule has 0 nitrogen and oxygen atoms in total. The van der Waals surface area contributed by atoms with Crippen LogP contribution in [0.25, 0.3) is 0 Å². The number of rotatable bonds is 3. The van der Waals surface area contributed by atoms with Crippen molar-refractivity contribution in [2.24, 2.45) is 5.92 Å². The fourth-order valence-electron chi connectivity index (χ4n) is 1.31. The molecular formula is C10H20. The van der Waals surface area contributed by atoms with E-state index in [-0.39, 0.29) is 0 Å². The van der Waals surface area contributed by atoms with Crippen LogP contribution in [0.1, 0.15) is 47.5 Å². The highest BCUT2D eigenvalue weighted by atomic mass is 14.1. The summed E-state index contributed by atoms with van der Waals surface area (Å²) in [6, 6.07) is 0. The molecule has 0 atom stereocenters. The summed E-state index contributed by atoms with van der Waals surface area (Å²) in [4.78, 5) is 0. The van der Waals surface area contributed by atoms with E-state index >= 15 is 0 Å². The third kappa shape index (κ3) is 2.55. The third-order valence-corrected chi connectivity index (χ3v) is 2.39. The molecule has 0 bridgehead atoms. The van der Waals surface area contributed by atoms with Crippen LogP contribution < -0.4 is 0 Å². The van der Waals surface area contributed by atoms with Crippen LogP contribution in [-0.2, 0) is 0 Å². The van der Waals surface area contributed by atoms with Gasteiger partial charge in [-0.2, -0.15) is 0 Å². The van der Waals surface area contributed by atoms with Crippen LogP contribution in [0, 0.1) is 5.92 Å². The lowest BCUT2D eigenvalue weighted by Crippen LogP contribution is -1.99. The second-order valence-corrected chi connectivity index (χ2v) is 3.20. The lowest BCUT2D eigenvalue weighted by molar-refractivity contribution is 0.566. The van der Waals surface area contributed by atoms with Gasteiger partial charge >= 0.3 is 0 Å². The Kier molecular flexibility index (Phi) is 4.42. The van der Waals surface area contributed by atoms with Crippen LogP contribution in [0.5, 0.6) is 0 Å². The zero-order chi connectivity index (χ0) is 8.15. The molecule has 60 valence electrons. The molecule has 0 aliphatic heterocycles. The van der Waals surface area contributed by atoms with Crippen molar-refractivity contribution in [2.45, 2.75) is 47.5 Å². The van der Waals surface area contributed by atoms with Gasteiger partial charge in [0.1, 0.15) is 0 Å². The van der Waals surface area contributed by atoms with Crippen molar-refractivity contribution in [3.63, 3.8) is 0 Å². The second-order valence-electron chi connectivity index (χ2n) is 3.20. The molecule has 10 heavy (non-hydrogen) atoms. The normalized spacial score (nSPS) is 10.2. The van der Waals surface area contributed by atoms with Gasteiger partial charge in [-0.25, -0.2) is 0 Å². The van der Waals surface area contributed by atoms with E-state index in [0.717, 1.165) is 5.92 Å². The van der Waals surface area contributed by atoms with Gasteiger partial charge in [0, 0.05) is 0 Å². The van der Waals surface area contributed by atoms with Gasteiger partial charge < -0.3 is 0 Å². The third-order valence-electron chi connectivity index (χ3n) is 2.39. The predicted molar refractivity (Wildman–Crippen MR) is 48.1 cm³/mol. The molecule has 0 saturated heterocycles. The Bertz CT molecular complexity index is 112. The minimum atomic E-state index is 0.824. The Balaban J connectivity index is 4.15. The summed E-state index contributed by atoms with van der Waals surface area (Å²) in [6.45, 7) is 11.2. The van der Waals surface area contributed by atoms with Gasteiger partial charge in [0.2, 0.25) is 0 Å². The zero-order valence-corrected chi connectivity index (χ0v) is 7.99. The molecular weight excluding hydrogens is 120 g/mol. The average Bonchev–Trinajstić information content (AvgIpc) is 1.90. The summed E-state index contributed by atoms with van der Waals surface area (Å²) in [7, 11) is 0. The molecule has 0 aromatic heterocycles. The van der Waals surface area contributed by atoms with Crippen molar-refractivity contribution in [1.29, 1.82) is 0 Å². The molecule has 0 rings (SSSR count). The first kappa shape index (κ1) is 9.74. The van der Waals surface area contributed by atoms with Crippen molar-refractivity contribution in [2.75, 3.05) is 0 Å². The molecule has 0 aromatic rings. The van der Waals surface area contributed by atoms with Gasteiger partial charge in [-0.15, -0.1) is 0 Å². The first-order valence-corrected chi connectivity index (χ1v) is 4.27. The van der Waals surface area contributed by atoms with E-state index in [1.807, 2.05) is 0 Å². The van der Waals surface area contributed by atoms with Crippen molar-refractivity contribution in [3.05, 3.63) is 11.1 Å². The Labute approximate surface area is 65.3 Å². The highest BCUT2D eigenvalue weighted by Gasteiger charge is 2.05. The van der Waals surface area contributed by atoms with Crippen LogP contribution in [0.3, 0.4) is 0 Å². The summed E-state index contributed by atoms with van der Waals surface area (Å²) in [5.74, 6) is 0.824. The molecule has 0 unspecified atom stereocenters. The number of hydrogen-bond acceptors (Lipinski definition) is 0. The Hall–Kier alpha value is -0.260. The van der Waals surface area contributed by atoms with Gasteiger partial charge in [0.25, 0.3) is 0 Å². The standard InChI is InChI=1S/C10H20/c1-6-10(7-2)9(5)8(3)4/h10H,6-7H2,1-5H3. The Morgan fingerprint density at radius 1 is 1.00 bits per heavy atom. The van der Waals surface area contributed by atoms with E-state index in [0.29, 0.717) is 0 Å². The summed E-state index contributed by atoms with van der Waals surface area (Å²) < 4.78 is 0. The van der Waals surface area contributed by atoms with Crippen LogP contribution in [0.4, 0.5) is 0 Å². The van der Waals surface area contributed by atoms with E-state index in [1.165, 1.54) is 18.4 Å². The average molecular weight is 140 g/mol. The van der Waals surface area contributed by atoms with Crippen molar-refractivity contribution < 1.29 is 0 Å².